The fourth-order valence-corrected chi connectivity index (χ4v) is 2.36. The molecule has 1 amide bonds. The van der Waals surface area contributed by atoms with Gasteiger partial charge in [-0.3, -0.25) is 9.59 Å². The van der Waals surface area contributed by atoms with Crippen LogP contribution in [-0.2, 0) is 0 Å². The van der Waals surface area contributed by atoms with Gasteiger partial charge in [0.15, 0.2) is 5.78 Å². The lowest BCUT2D eigenvalue weighted by molar-refractivity contribution is 0.100. The summed E-state index contributed by atoms with van der Waals surface area (Å²) in [5.41, 5.74) is 4.56. The second kappa shape index (κ2) is 6.43. The normalized spacial score (nSPS) is 10.2. The standard InChI is InChI=1S/C18H20N2O2/c1-11-10-17(12(2)9-16(11)13(3)21)18(22)20-15-7-5-14(19-4)6-8-15/h5-10,19H,1-4H3,(H,20,22). The van der Waals surface area contributed by atoms with E-state index in [-0.39, 0.29) is 11.7 Å². The topological polar surface area (TPSA) is 58.2 Å². The van der Waals surface area contributed by atoms with Crippen molar-refractivity contribution in [1.29, 1.82) is 0 Å². The Balaban J connectivity index is 2.25. The number of carbonyl (C=O) groups excluding carboxylic acids is 2. The molecule has 2 rings (SSSR count). The first kappa shape index (κ1) is 15.8. The Kier molecular flexibility index (Phi) is 4.61. The van der Waals surface area contributed by atoms with Gasteiger partial charge >= 0.3 is 0 Å². The van der Waals surface area contributed by atoms with Gasteiger partial charge in [-0.15, -0.1) is 0 Å². The number of ketones is 1. The van der Waals surface area contributed by atoms with Gasteiger partial charge in [-0.1, -0.05) is 0 Å². The summed E-state index contributed by atoms with van der Waals surface area (Å²) in [5.74, 6) is -0.164. The van der Waals surface area contributed by atoms with Gasteiger partial charge in [-0.2, -0.15) is 0 Å². The fraction of sp³-hybridized carbons (Fsp3) is 0.222. The molecule has 4 heteroatoms. The zero-order valence-corrected chi connectivity index (χ0v) is 13.3. The monoisotopic (exact) mass is 296 g/mol. The van der Waals surface area contributed by atoms with Crippen molar-refractivity contribution in [2.45, 2.75) is 20.8 Å². The minimum atomic E-state index is -0.173. The Morgan fingerprint density at radius 3 is 1.91 bits per heavy atom. The number of carbonyl (C=O) groups is 2. The number of nitrogens with one attached hydrogen (secondary N) is 2. The number of rotatable bonds is 4. The Bertz CT molecular complexity index is 719. The maximum Gasteiger partial charge on any atom is 0.255 e. The van der Waals surface area contributed by atoms with E-state index in [2.05, 4.69) is 10.6 Å². The van der Waals surface area contributed by atoms with Crippen molar-refractivity contribution >= 4 is 23.1 Å². The number of amides is 1. The van der Waals surface area contributed by atoms with Crippen molar-refractivity contribution in [3.05, 3.63) is 58.7 Å². The number of hydrogen-bond acceptors (Lipinski definition) is 3. The van der Waals surface area contributed by atoms with Crippen LogP contribution < -0.4 is 10.6 Å². The van der Waals surface area contributed by atoms with Gasteiger partial charge in [-0.05, 0) is 68.3 Å². The highest BCUT2D eigenvalue weighted by atomic mass is 16.1. The Labute approximate surface area is 130 Å². The molecule has 0 aliphatic carbocycles. The minimum Gasteiger partial charge on any atom is -0.388 e. The van der Waals surface area contributed by atoms with Crippen LogP contribution in [0.1, 0.15) is 38.8 Å². The van der Waals surface area contributed by atoms with Gasteiger partial charge in [0.1, 0.15) is 0 Å². The van der Waals surface area contributed by atoms with Crippen LogP contribution >= 0.6 is 0 Å². The maximum absolute atomic E-state index is 12.4. The van der Waals surface area contributed by atoms with Gasteiger partial charge in [0.05, 0.1) is 0 Å². The van der Waals surface area contributed by atoms with E-state index in [4.69, 9.17) is 0 Å². The van der Waals surface area contributed by atoms with E-state index in [0.717, 1.165) is 22.5 Å². The first-order chi connectivity index (χ1) is 10.4. The quantitative estimate of drug-likeness (QED) is 0.844. The van der Waals surface area contributed by atoms with Crippen LogP contribution in [0, 0.1) is 13.8 Å². The SMILES string of the molecule is CNc1ccc(NC(=O)c2cc(C)c(C(C)=O)cc2C)cc1. The summed E-state index contributed by atoms with van der Waals surface area (Å²) in [6.07, 6.45) is 0. The second-order valence-electron chi connectivity index (χ2n) is 5.32. The van der Waals surface area contributed by atoms with Crippen LogP contribution in [0.15, 0.2) is 36.4 Å². The number of hydrogen-bond donors (Lipinski definition) is 2. The Morgan fingerprint density at radius 2 is 1.36 bits per heavy atom. The van der Waals surface area contributed by atoms with Crippen LogP contribution in [0.3, 0.4) is 0 Å². The van der Waals surface area contributed by atoms with Gasteiger partial charge in [0.25, 0.3) is 5.91 Å². The van der Waals surface area contributed by atoms with Gasteiger partial charge < -0.3 is 10.6 Å². The van der Waals surface area contributed by atoms with Crippen molar-refractivity contribution < 1.29 is 9.59 Å². The van der Waals surface area contributed by atoms with Gasteiger partial charge in [0, 0.05) is 29.5 Å². The molecule has 0 bridgehead atoms. The number of aryl methyl sites for hydroxylation is 2. The fourth-order valence-electron chi connectivity index (χ4n) is 2.36. The summed E-state index contributed by atoms with van der Waals surface area (Å²) < 4.78 is 0. The second-order valence-corrected chi connectivity index (χ2v) is 5.32. The highest BCUT2D eigenvalue weighted by molar-refractivity contribution is 6.06. The van der Waals surface area contributed by atoms with E-state index in [1.165, 1.54) is 6.92 Å². The van der Waals surface area contributed by atoms with E-state index >= 15 is 0 Å². The summed E-state index contributed by atoms with van der Waals surface area (Å²) in [7, 11) is 1.84. The van der Waals surface area contributed by atoms with Gasteiger partial charge in [-0.25, -0.2) is 0 Å². The predicted molar refractivity (Wildman–Crippen MR) is 89.9 cm³/mol. The molecule has 0 unspecified atom stereocenters. The number of Topliss-reactive ketones (excluding diaryl/α,β-unsaturated/α-hetero) is 1. The first-order valence-electron chi connectivity index (χ1n) is 7.13. The summed E-state index contributed by atoms with van der Waals surface area (Å²) in [6, 6.07) is 11.0. The molecule has 0 aromatic heterocycles. The van der Waals surface area contributed by atoms with E-state index in [0.29, 0.717) is 11.1 Å². The zero-order chi connectivity index (χ0) is 16.3. The molecule has 0 atom stereocenters. The third-order valence-electron chi connectivity index (χ3n) is 3.63. The van der Waals surface area contributed by atoms with Crippen molar-refractivity contribution in [2.75, 3.05) is 17.7 Å². The molecule has 0 saturated heterocycles. The molecule has 2 aromatic carbocycles. The molecule has 4 nitrogen and oxygen atoms in total. The third kappa shape index (κ3) is 3.34. The summed E-state index contributed by atoms with van der Waals surface area (Å²) in [6.45, 7) is 5.21. The van der Waals surface area contributed by atoms with Crippen LogP contribution in [-0.4, -0.2) is 18.7 Å². The van der Waals surface area contributed by atoms with Crippen molar-refractivity contribution in [3.8, 4) is 0 Å². The van der Waals surface area contributed by atoms with E-state index < -0.39 is 0 Å². The van der Waals surface area contributed by atoms with Crippen LogP contribution in [0.25, 0.3) is 0 Å². The minimum absolute atomic E-state index is 0.00946. The summed E-state index contributed by atoms with van der Waals surface area (Å²) >= 11 is 0. The maximum atomic E-state index is 12.4. The molecule has 0 aliphatic heterocycles. The molecule has 2 N–H and O–H groups in total. The van der Waals surface area contributed by atoms with E-state index in [1.54, 1.807) is 12.1 Å². The van der Waals surface area contributed by atoms with Crippen molar-refractivity contribution in [2.24, 2.45) is 0 Å². The molecule has 0 saturated carbocycles. The van der Waals surface area contributed by atoms with Crippen LogP contribution in [0.5, 0.6) is 0 Å². The number of anilines is 2. The Morgan fingerprint density at radius 1 is 0.864 bits per heavy atom. The van der Waals surface area contributed by atoms with Gasteiger partial charge in [0.2, 0.25) is 0 Å². The lowest BCUT2D eigenvalue weighted by Crippen LogP contribution is -2.14. The van der Waals surface area contributed by atoms with Crippen molar-refractivity contribution in [3.63, 3.8) is 0 Å². The lowest BCUT2D eigenvalue weighted by Gasteiger charge is -2.11. The average Bonchev–Trinajstić information content (AvgIpc) is 2.49. The average molecular weight is 296 g/mol. The molecule has 0 radical (unpaired) electrons. The highest BCUT2D eigenvalue weighted by Gasteiger charge is 2.13. The van der Waals surface area contributed by atoms with E-state index in [1.807, 2.05) is 45.2 Å². The molecule has 0 aliphatic rings. The predicted octanol–water partition coefficient (Wildman–Crippen LogP) is 3.80. The summed E-state index contributed by atoms with van der Waals surface area (Å²) in [5, 5.41) is 5.90. The zero-order valence-electron chi connectivity index (χ0n) is 13.3. The molecule has 0 heterocycles. The highest BCUT2D eigenvalue weighted by Crippen LogP contribution is 2.19. The molecule has 22 heavy (non-hydrogen) atoms. The Hall–Kier alpha value is -2.62. The smallest absolute Gasteiger partial charge is 0.255 e. The number of benzene rings is 2. The molecule has 0 spiro atoms. The third-order valence-corrected chi connectivity index (χ3v) is 3.63. The lowest BCUT2D eigenvalue weighted by atomic mass is 9.97. The molecule has 2 aromatic rings. The van der Waals surface area contributed by atoms with E-state index in [9.17, 15) is 9.59 Å². The van der Waals surface area contributed by atoms with Crippen LogP contribution in [0.4, 0.5) is 11.4 Å². The molecular weight excluding hydrogens is 276 g/mol. The molecular formula is C18H20N2O2. The summed E-state index contributed by atoms with van der Waals surface area (Å²) in [4.78, 5) is 24.0. The van der Waals surface area contributed by atoms with Crippen LogP contribution in [0.2, 0.25) is 0 Å². The van der Waals surface area contributed by atoms with Crippen molar-refractivity contribution in [1.82, 2.24) is 0 Å². The largest absolute Gasteiger partial charge is 0.388 e. The molecule has 114 valence electrons. The first-order valence-corrected chi connectivity index (χ1v) is 7.13. The molecule has 0 fully saturated rings.